The Bertz CT molecular complexity index is 437. The second kappa shape index (κ2) is 5.74. The van der Waals surface area contributed by atoms with Crippen LogP contribution >= 0.6 is 23.4 Å². The second-order valence-corrected chi connectivity index (χ2v) is 5.38. The van der Waals surface area contributed by atoms with E-state index in [1.54, 1.807) is 23.9 Å². The monoisotopic (exact) mass is 272 g/mol. The largest absolute Gasteiger partial charge is 0.335 e. The van der Waals surface area contributed by atoms with Crippen LogP contribution in [0.4, 0.5) is 10.1 Å². The number of hydrogen-bond donors (Lipinski definition) is 1. The van der Waals surface area contributed by atoms with Crippen LogP contribution in [-0.4, -0.2) is 17.0 Å². The Morgan fingerprint density at radius 2 is 2.41 bits per heavy atom. The van der Waals surface area contributed by atoms with Gasteiger partial charge in [0.25, 0.3) is 0 Å². The molecule has 0 fully saturated rings. The van der Waals surface area contributed by atoms with Gasteiger partial charge in [-0.1, -0.05) is 30.3 Å². The third-order valence-electron chi connectivity index (χ3n) is 2.63. The SMILES string of the molecule is CCC1CCSC(Nc2ccc(F)c(Cl)c2)=N1. The van der Waals surface area contributed by atoms with Gasteiger partial charge in [-0.25, -0.2) is 4.39 Å². The number of nitrogens with zero attached hydrogens (tertiary/aromatic N) is 1. The van der Waals surface area contributed by atoms with E-state index in [9.17, 15) is 4.39 Å². The van der Waals surface area contributed by atoms with Crippen molar-refractivity contribution in [3.05, 3.63) is 29.0 Å². The fourth-order valence-electron chi connectivity index (χ4n) is 1.62. The number of amidine groups is 1. The van der Waals surface area contributed by atoms with E-state index in [4.69, 9.17) is 11.6 Å². The summed E-state index contributed by atoms with van der Waals surface area (Å²) in [5.74, 6) is 0.668. The molecule has 92 valence electrons. The molecule has 0 amide bonds. The molecule has 5 heteroatoms. The van der Waals surface area contributed by atoms with Crippen LogP contribution in [0.3, 0.4) is 0 Å². The van der Waals surface area contributed by atoms with Gasteiger partial charge in [-0.2, -0.15) is 0 Å². The summed E-state index contributed by atoms with van der Waals surface area (Å²) < 4.78 is 13.0. The molecule has 0 bridgehead atoms. The maximum Gasteiger partial charge on any atom is 0.161 e. The van der Waals surface area contributed by atoms with Crippen LogP contribution in [0.2, 0.25) is 5.02 Å². The first-order valence-corrected chi connectivity index (χ1v) is 6.98. The summed E-state index contributed by atoms with van der Waals surface area (Å²) in [4.78, 5) is 4.58. The Morgan fingerprint density at radius 3 is 3.12 bits per heavy atom. The highest BCUT2D eigenvalue weighted by Crippen LogP contribution is 2.23. The fraction of sp³-hybridized carbons (Fsp3) is 0.417. The summed E-state index contributed by atoms with van der Waals surface area (Å²) in [6.07, 6.45) is 2.17. The number of halogens is 2. The van der Waals surface area contributed by atoms with Crippen molar-refractivity contribution in [1.82, 2.24) is 0 Å². The first-order valence-electron chi connectivity index (χ1n) is 5.61. The minimum atomic E-state index is -0.401. The zero-order valence-electron chi connectivity index (χ0n) is 9.54. The molecule has 2 rings (SSSR count). The average molecular weight is 273 g/mol. The Kier molecular flexibility index (Phi) is 4.29. The quantitative estimate of drug-likeness (QED) is 0.874. The van der Waals surface area contributed by atoms with Crippen molar-refractivity contribution in [2.75, 3.05) is 11.1 Å². The van der Waals surface area contributed by atoms with Gasteiger partial charge in [-0.15, -0.1) is 0 Å². The van der Waals surface area contributed by atoms with Crippen LogP contribution in [0.25, 0.3) is 0 Å². The van der Waals surface area contributed by atoms with Crippen LogP contribution in [-0.2, 0) is 0 Å². The fourth-order valence-corrected chi connectivity index (χ4v) is 2.80. The van der Waals surface area contributed by atoms with Crippen molar-refractivity contribution in [3.8, 4) is 0 Å². The van der Waals surface area contributed by atoms with Gasteiger partial charge in [-0.05, 0) is 31.0 Å². The number of anilines is 1. The van der Waals surface area contributed by atoms with E-state index in [0.717, 1.165) is 29.4 Å². The number of nitrogens with one attached hydrogen (secondary N) is 1. The normalized spacial score (nSPS) is 19.9. The molecule has 0 saturated carbocycles. The van der Waals surface area contributed by atoms with Gasteiger partial charge in [0.1, 0.15) is 5.82 Å². The molecule has 1 N–H and O–H groups in total. The van der Waals surface area contributed by atoms with E-state index >= 15 is 0 Å². The lowest BCUT2D eigenvalue weighted by molar-refractivity contribution is 0.628. The summed E-state index contributed by atoms with van der Waals surface area (Å²) in [6, 6.07) is 5.00. The Morgan fingerprint density at radius 1 is 1.59 bits per heavy atom. The summed E-state index contributed by atoms with van der Waals surface area (Å²) in [5.41, 5.74) is 0.777. The number of benzene rings is 1. The molecule has 1 heterocycles. The van der Waals surface area contributed by atoms with E-state index in [1.807, 2.05) is 0 Å². The van der Waals surface area contributed by atoms with Crippen LogP contribution in [0.5, 0.6) is 0 Å². The van der Waals surface area contributed by atoms with Crippen molar-refractivity contribution < 1.29 is 4.39 Å². The van der Waals surface area contributed by atoms with Crippen LogP contribution in [0, 0.1) is 5.82 Å². The Labute approximate surface area is 110 Å². The molecule has 0 aromatic heterocycles. The number of thioether (sulfide) groups is 1. The van der Waals surface area contributed by atoms with Gasteiger partial charge in [0, 0.05) is 11.4 Å². The number of rotatable bonds is 2. The zero-order valence-corrected chi connectivity index (χ0v) is 11.1. The van der Waals surface area contributed by atoms with Crippen molar-refractivity contribution in [2.45, 2.75) is 25.8 Å². The summed E-state index contributed by atoms with van der Waals surface area (Å²) in [5, 5.41) is 4.20. The van der Waals surface area contributed by atoms with Crippen molar-refractivity contribution in [2.24, 2.45) is 4.99 Å². The molecule has 1 aliphatic heterocycles. The molecule has 1 aromatic carbocycles. The van der Waals surface area contributed by atoms with Gasteiger partial charge in [-0.3, -0.25) is 4.99 Å². The van der Waals surface area contributed by atoms with Crippen LogP contribution in [0.15, 0.2) is 23.2 Å². The minimum Gasteiger partial charge on any atom is -0.335 e. The third-order valence-corrected chi connectivity index (χ3v) is 3.84. The molecule has 1 unspecified atom stereocenters. The Balaban J connectivity index is 2.09. The van der Waals surface area contributed by atoms with E-state index in [1.165, 1.54) is 6.07 Å². The van der Waals surface area contributed by atoms with Crippen LogP contribution in [0.1, 0.15) is 19.8 Å². The lowest BCUT2D eigenvalue weighted by Crippen LogP contribution is -2.19. The highest BCUT2D eigenvalue weighted by atomic mass is 35.5. The molecule has 0 radical (unpaired) electrons. The molecule has 1 aromatic rings. The lowest BCUT2D eigenvalue weighted by atomic mass is 10.2. The van der Waals surface area contributed by atoms with Gasteiger partial charge in [0.05, 0.1) is 11.1 Å². The highest BCUT2D eigenvalue weighted by molar-refractivity contribution is 8.14. The lowest BCUT2D eigenvalue weighted by Gasteiger charge is -2.19. The first kappa shape index (κ1) is 12.7. The molecule has 17 heavy (non-hydrogen) atoms. The average Bonchev–Trinajstić information content (AvgIpc) is 2.34. The number of aliphatic imine (C=N–C) groups is 1. The van der Waals surface area contributed by atoms with Crippen LogP contribution < -0.4 is 5.32 Å². The van der Waals surface area contributed by atoms with Crippen molar-refractivity contribution >= 4 is 34.2 Å². The first-order chi connectivity index (χ1) is 8.19. The molecule has 1 aliphatic rings. The minimum absolute atomic E-state index is 0.128. The molecular formula is C12H14ClFN2S. The molecule has 2 nitrogen and oxygen atoms in total. The summed E-state index contributed by atoms with van der Waals surface area (Å²) in [7, 11) is 0. The zero-order chi connectivity index (χ0) is 12.3. The van der Waals surface area contributed by atoms with Gasteiger partial charge in [0.15, 0.2) is 5.17 Å². The molecule has 0 saturated heterocycles. The standard InChI is InChI=1S/C12H14ClFN2S/c1-2-8-5-6-17-12(15-8)16-9-3-4-11(14)10(13)7-9/h3-4,7-8H,2,5-6H2,1H3,(H,15,16). The smallest absolute Gasteiger partial charge is 0.161 e. The molecular weight excluding hydrogens is 259 g/mol. The third kappa shape index (κ3) is 3.36. The van der Waals surface area contributed by atoms with E-state index in [2.05, 4.69) is 17.2 Å². The maximum absolute atomic E-state index is 13.0. The van der Waals surface area contributed by atoms with Gasteiger partial charge >= 0.3 is 0 Å². The second-order valence-electron chi connectivity index (χ2n) is 3.89. The van der Waals surface area contributed by atoms with Crippen molar-refractivity contribution in [1.29, 1.82) is 0 Å². The Hall–Kier alpha value is -0.740. The molecule has 1 atom stereocenters. The molecule has 0 aliphatic carbocycles. The topological polar surface area (TPSA) is 24.4 Å². The van der Waals surface area contributed by atoms with E-state index in [-0.39, 0.29) is 5.02 Å². The van der Waals surface area contributed by atoms with E-state index in [0.29, 0.717) is 6.04 Å². The summed E-state index contributed by atoms with van der Waals surface area (Å²) in [6.45, 7) is 2.14. The molecule has 0 spiro atoms. The predicted molar refractivity (Wildman–Crippen MR) is 73.6 cm³/mol. The number of hydrogen-bond acceptors (Lipinski definition) is 3. The van der Waals surface area contributed by atoms with Gasteiger partial charge in [0.2, 0.25) is 0 Å². The highest BCUT2D eigenvalue weighted by Gasteiger charge is 2.14. The van der Waals surface area contributed by atoms with Crippen molar-refractivity contribution in [3.63, 3.8) is 0 Å². The summed E-state index contributed by atoms with van der Waals surface area (Å²) >= 11 is 7.42. The predicted octanol–water partition coefficient (Wildman–Crippen LogP) is 4.16. The van der Waals surface area contributed by atoms with E-state index < -0.39 is 5.82 Å². The van der Waals surface area contributed by atoms with Gasteiger partial charge < -0.3 is 5.32 Å². The maximum atomic E-state index is 13.0.